The number of likely N-dealkylation sites (tertiary alicyclic amines) is 1. The Morgan fingerprint density at radius 2 is 2.00 bits per heavy atom. The van der Waals surface area contributed by atoms with Crippen LogP contribution in [-0.4, -0.2) is 47.7 Å². The minimum Gasteiger partial charge on any atom is -0.464 e. The standard InChI is InChI=1S/C21H26ClFN2O4/c1-6-11-9-25(20(27)29-21(2,3)4)10-14(11)12-7-15(22)17(23)18-13(12)8-16(24-18)19(26)28-5/h7-8,11,14,24H,6,9-10H2,1-5H3. The number of ether oxygens (including phenoxy) is 2. The lowest BCUT2D eigenvalue weighted by Gasteiger charge is -2.24. The van der Waals surface area contributed by atoms with Crippen LogP contribution in [0.2, 0.25) is 5.02 Å². The number of aromatic amines is 1. The van der Waals surface area contributed by atoms with E-state index in [4.69, 9.17) is 21.1 Å². The topological polar surface area (TPSA) is 71.6 Å². The number of hydrogen-bond acceptors (Lipinski definition) is 4. The first-order valence-electron chi connectivity index (χ1n) is 9.62. The van der Waals surface area contributed by atoms with Crippen LogP contribution in [0.4, 0.5) is 9.18 Å². The van der Waals surface area contributed by atoms with Crippen LogP contribution < -0.4 is 0 Å². The molecular weight excluding hydrogens is 399 g/mol. The second-order valence-electron chi connectivity index (χ2n) is 8.39. The van der Waals surface area contributed by atoms with Gasteiger partial charge >= 0.3 is 12.1 Å². The highest BCUT2D eigenvalue weighted by Crippen LogP contribution is 2.41. The smallest absolute Gasteiger partial charge is 0.410 e. The molecule has 1 N–H and O–H groups in total. The molecule has 2 aromatic rings. The molecule has 0 radical (unpaired) electrons. The zero-order valence-corrected chi connectivity index (χ0v) is 18.0. The summed E-state index contributed by atoms with van der Waals surface area (Å²) in [5, 5.41) is 0.540. The Morgan fingerprint density at radius 3 is 2.59 bits per heavy atom. The second-order valence-corrected chi connectivity index (χ2v) is 8.79. The minimum atomic E-state index is -0.615. The first kappa shape index (κ1) is 21.4. The van der Waals surface area contributed by atoms with E-state index in [1.165, 1.54) is 7.11 Å². The van der Waals surface area contributed by atoms with Gasteiger partial charge in [-0.1, -0.05) is 24.9 Å². The van der Waals surface area contributed by atoms with Crippen molar-refractivity contribution in [3.63, 3.8) is 0 Å². The highest BCUT2D eigenvalue weighted by atomic mass is 35.5. The van der Waals surface area contributed by atoms with Crippen LogP contribution >= 0.6 is 11.6 Å². The van der Waals surface area contributed by atoms with Gasteiger partial charge in [0.15, 0.2) is 5.82 Å². The van der Waals surface area contributed by atoms with Crippen LogP contribution in [0.1, 0.15) is 56.1 Å². The molecule has 2 unspecified atom stereocenters. The molecule has 6 nitrogen and oxygen atoms in total. The molecule has 29 heavy (non-hydrogen) atoms. The van der Waals surface area contributed by atoms with Gasteiger partial charge in [-0.2, -0.15) is 0 Å². The third-order valence-corrected chi connectivity index (χ3v) is 5.54. The first-order valence-corrected chi connectivity index (χ1v) is 10.00. The third kappa shape index (κ3) is 4.20. The van der Waals surface area contributed by atoms with Crippen molar-refractivity contribution in [3.8, 4) is 0 Å². The summed E-state index contributed by atoms with van der Waals surface area (Å²) in [5.74, 6) is -1.11. The molecule has 2 atom stereocenters. The van der Waals surface area contributed by atoms with Crippen LogP contribution in [0, 0.1) is 11.7 Å². The Morgan fingerprint density at radius 1 is 1.31 bits per heavy atom. The molecule has 0 spiro atoms. The normalized spacial score (nSPS) is 19.6. The number of nitrogens with zero attached hydrogens (tertiary/aromatic N) is 1. The Balaban J connectivity index is 2.02. The Kier molecular flexibility index (Phi) is 5.81. The van der Waals surface area contributed by atoms with E-state index in [1.54, 1.807) is 17.0 Å². The largest absolute Gasteiger partial charge is 0.464 e. The summed E-state index contributed by atoms with van der Waals surface area (Å²) in [5.41, 5.74) is 0.536. The predicted molar refractivity (Wildman–Crippen MR) is 109 cm³/mol. The summed E-state index contributed by atoms with van der Waals surface area (Å²) < 4.78 is 24.9. The molecule has 8 heteroatoms. The van der Waals surface area contributed by atoms with Gasteiger partial charge in [0.2, 0.25) is 0 Å². The highest BCUT2D eigenvalue weighted by Gasteiger charge is 2.38. The zero-order chi connectivity index (χ0) is 21.5. The van der Waals surface area contributed by atoms with Crippen molar-refractivity contribution in [2.75, 3.05) is 20.2 Å². The third-order valence-electron chi connectivity index (χ3n) is 5.26. The summed E-state index contributed by atoms with van der Waals surface area (Å²) >= 11 is 6.15. The maximum atomic E-state index is 14.6. The molecule has 1 aromatic heterocycles. The quantitative estimate of drug-likeness (QED) is 0.695. The van der Waals surface area contributed by atoms with Gasteiger partial charge in [0.1, 0.15) is 11.3 Å². The molecule has 0 bridgehead atoms. The number of hydrogen-bond donors (Lipinski definition) is 1. The van der Waals surface area contributed by atoms with Gasteiger partial charge in [0.25, 0.3) is 0 Å². The maximum absolute atomic E-state index is 14.6. The first-order chi connectivity index (χ1) is 13.6. The number of rotatable bonds is 3. The van der Waals surface area contributed by atoms with E-state index in [2.05, 4.69) is 11.9 Å². The number of aromatic nitrogens is 1. The fourth-order valence-corrected chi connectivity index (χ4v) is 4.10. The van der Waals surface area contributed by atoms with Crippen molar-refractivity contribution < 1.29 is 23.5 Å². The van der Waals surface area contributed by atoms with Gasteiger partial charge in [-0.3, -0.25) is 0 Å². The number of halogens is 2. The van der Waals surface area contributed by atoms with Gasteiger partial charge in [-0.15, -0.1) is 0 Å². The molecule has 3 rings (SSSR count). The number of fused-ring (bicyclic) bond motifs is 1. The SMILES string of the molecule is CCC1CN(C(=O)OC(C)(C)C)CC1c1cc(Cl)c(F)c2[nH]c(C(=O)OC)cc12. The van der Waals surface area contributed by atoms with Crippen LogP contribution in [0.3, 0.4) is 0 Å². The van der Waals surface area contributed by atoms with E-state index in [-0.39, 0.29) is 34.2 Å². The summed E-state index contributed by atoms with van der Waals surface area (Å²) in [6.07, 6.45) is 0.460. The maximum Gasteiger partial charge on any atom is 0.410 e. The lowest BCUT2D eigenvalue weighted by atomic mass is 9.85. The van der Waals surface area contributed by atoms with Crippen molar-refractivity contribution in [3.05, 3.63) is 34.2 Å². The number of methoxy groups -OCH3 is 1. The molecule has 1 saturated heterocycles. The molecule has 0 aliphatic carbocycles. The number of nitrogens with one attached hydrogen (secondary N) is 1. The lowest BCUT2D eigenvalue weighted by Crippen LogP contribution is -2.35. The number of carbonyl (C=O) groups excluding carboxylic acids is 2. The van der Waals surface area contributed by atoms with Crippen LogP contribution in [0.15, 0.2) is 12.1 Å². The van der Waals surface area contributed by atoms with Crippen molar-refractivity contribution in [1.29, 1.82) is 0 Å². The van der Waals surface area contributed by atoms with Crippen molar-refractivity contribution in [2.24, 2.45) is 5.92 Å². The van der Waals surface area contributed by atoms with Gasteiger partial charge < -0.3 is 19.4 Å². The van der Waals surface area contributed by atoms with E-state index < -0.39 is 17.4 Å². The Hall–Kier alpha value is -2.28. The average Bonchev–Trinajstić information content (AvgIpc) is 3.27. The van der Waals surface area contributed by atoms with Gasteiger partial charge in [0.05, 0.1) is 17.6 Å². The zero-order valence-electron chi connectivity index (χ0n) is 17.3. The van der Waals surface area contributed by atoms with Crippen molar-refractivity contribution >= 4 is 34.6 Å². The van der Waals surface area contributed by atoms with E-state index in [9.17, 15) is 14.0 Å². The lowest BCUT2D eigenvalue weighted by molar-refractivity contribution is 0.0286. The fraction of sp³-hybridized carbons (Fsp3) is 0.524. The summed E-state index contributed by atoms with van der Waals surface area (Å²) in [4.78, 5) is 29.0. The Bertz CT molecular complexity index is 950. The average molecular weight is 425 g/mol. The molecule has 1 aromatic carbocycles. The second kappa shape index (κ2) is 7.86. The van der Waals surface area contributed by atoms with Gasteiger partial charge in [0, 0.05) is 24.4 Å². The number of esters is 1. The predicted octanol–water partition coefficient (Wildman–Crippen LogP) is 5.11. The van der Waals surface area contributed by atoms with Crippen LogP contribution in [0.25, 0.3) is 10.9 Å². The van der Waals surface area contributed by atoms with E-state index >= 15 is 0 Å². The molecule has 1 aliphatic rings. The summed E-state index contributed by atoms with van der Waals surface area (Å²) in [6.45, 7) is 8.51. The van der Waals surface area contributed by atoms with Crippen LogP contribution in [-0.2, 0) is 9.47 Å². The number of amides is 1. The summed E-state index contributed by atoms with van der Waals surface area (Å²) in [7, 11) is 1.26. The molecule has 1 amide bonds. The molecule has 1 fully saturated rings. The minimum absolute atomic E-state index is 0.0312. The number of benzene rings is 1. The fourth-order valence-electron chi connectivity index (χ4n) is 3.89. The Labute approximate surface area is 174 Å². The van der Waals surface area contributed by atoms with Crippen LogP contribution in [0.5, 0.6) is 0 Å². The van der Waals surface area contributed by atoms with Gasteiger partial charge in [-0.05, 0) is 44.4 Å². The monoisotopic (exact) mass is 424 g/mol. The molecule has 0 saturated carbocycles. The van der Waals surface area contributed by atoms with Gasteiger partial charge in [-0.25, -0.2) is 14.0 Å². The molecule has 158 valence electrons. The van der Waals surface area contributed by atoms with Crippen molar-refractivity contribution in [2.45, 2.75) is 45.6 Å². The number of H-pyrrole nitrogens is 1. The van der Waals surface area contributed by atoms with E-state index in [0.29, 0.717) is 18.5 Å². The molecular formula is C21H26ClFN2O4. The highest BCUT2D eigenvalue weighted by molar-refractivity contribution is 6.31. The number of carbonyl (C=O) groups is 2. The van der Waals surface area contributed by atoms with E-state index in [1.807, 2.05) is 20.8 Å². The van der Waals surface area contributed by atoms with Crippen molar-refractivity contribution in [1.82, 2.24) is 9.88 Å². The summed E-state index contributed by atoms with van der Waals surface area (Å²) in [6, 6.07) is 3.18. The molecule has 1 aliphatic heterocycles. The van der Waals surface area contributed by atoms with E-state index in [0.717, 1.165) is 12.0 Å². The molecule has 2 heterocycles.